The molecule has 1 atom stereocenters. The molecule has 0 aliphatic heterocycles. The lowest BCUT2D eigenvalue weighted by Gasteiger charge is -2.34. The number of thiophene rings is 2. The fourth-order valence-corrected chi connectivity index (χ4v) is 6.04. The van der Waals surface area contributed by atoms with E-state index >= 15 is 0 Å². The average Bonchev–Trinajstić information content (AvgIpc) is 3.38. The maximum atomic E-state index is 13.2. The van der Waals surface area contributed by atoms with Crippen LogP contribution in [-0.4, -0.2) is 28.6 Å². The van der Waals surface area contributed by atoms with E-state index in [1.165, 1.54) is 11.3 Å². The van der Waals surface area contributed by atoms with Gasteiger partial charge in [-0.05, 0) is 42.3 Å². The molecule has 1 N–H and O–H groups in total. The Morgan fingerprint density at radius 2 is 1.93 bits per heavy atom. The highest BCUT2D eigenvalue weighted by molar-refractivity contribution is 7.16. The van der Waals surface area contributed by atoms with Crippen LogP contribution in [-0.2, 0) is 16.0 Å². The maximum Gasteiger partial charge on any atom is 0.318 e. The van der Waals surface area contributed by atoms with Gasteiger partial charge in [0.1, 0.15) is 0 Å². The Labute approximate surface area is 181 Å². The van der Waals surface area contributed by atoms with Crippen LogP contribution in [0.1, 0.15) is 69.9 Å². The number of ketones is 2. The van der Waals surface area contributed by atoms with E-state index in [0.717, 1.165) is 30.6 Å². The second-order valence-corrected chi connectivity index (χ2v) is 10.1. The van der Waals surface area contributed by atoms with Crippen LogP contribution < -0.4 is 4.74 Å². The topological polar surface area (TPSA) is 97.7 Å². The first-order valence-electron chi connectivity index (χ1n) is 10.1. The molecule has 0 amide bonds. The summed E-state index contributed by atoms with van der Waals surface area (Å²) in [6.45, 7) is 0. The van der Waals surface area contributed by atoms with Crippen LogP contribution in [0.5, 0.6) is 5.06 Å². The minimum atomic E-state index is -0.994. The Balaban J connectivity index is 1.54. The van der Waals surface area contributed by atoms with Crippen molar-refractivity contribution in [1.29, 1.82) is 0 Å². The third-order valence-corrected chi connectivity index (χ3v) is 8.03. The summed E-state index contributed by atoms with van der Waals surface area (Å²) in [6, 6.07) is 5.20. The van der Waals surface area contributed by atoms with E-state index in [9.17, 15) is 24.3 Å². The Hall–Kier alpha value is -2.32. The first kappa shape index (κ1) is 20.9. The molecule has 4 rings (SSSR count). The molecular weight excluding hydrogens is 424 g/mol. The molecule has 2 aliphatic rings. The van der Waals surface area contributed by atoms with Crippen LogP contribution in [0.4, 0.5) is 0 Å². The normalized spacial score (nSPS) is 20.4. The number of hydrogen-bond donors (Lipinski definition) is 1. The minimum absolute atomic E-state index is 0.0323. The number of Topliss-reactive ketones (excluding diaryl/α,β-unsaturated/α-hetero) is 2. The van der Waals surface area contributed by atoms with E-state index in [2.05, 4.69) is 0 Å². The highest BCUT2D eigenvalue weighted by Crippen LogP contribution is 2.43. The van der Waals surface area contributed by atoms with Gasteiger partial charge in [-0.25, -0.2) is 0 Å². The van der Waals surface area contributed by atoms with E-state index in [0.29, 0.717) is 33.2 Å². The van der Waals surface area contributed by atoms with E-state index in [4.69, 9.17) is 4.74 Å². The summed E-state index contributed by atoms with van der Waals surface area (Å²) in [6.07, 6.45) is 4.32. The highest BCUT2D eigenvalue weighted by Gasteiger charge is 2.44. The van der Waals surface area contributed by atoms with Crippen LogP contribution in [0.15, 0.2) is 23.6 Å². The van der Waals surface area contributed by atoms with Crippen LogP contribution in [0.25, 0.3) is 0 Å². The van der Waals surface area contributed by atoms with E-state index in [-0.39, 0.29) is 30.8 Å². The average molecular weight is 447 g/mol. The van der Waals surface area contributed by atoms with E-state index in [1.54, 1.807) is 12.1 Å². The number of carbonyl (C=O) groups is 4. The van der Waals surface area contributed by atoms with Gasteiger partial charge < -0.3 is 9.84 Å². The van der Waals surface area contributed by atoms with Crippen molar-refractivity contribution in [1.82, 2.24) is 0 Å². The molecule has 2 aromatic rings. The van der Waals surface area contributed by atoms with Crippen molar-refractivity contribution < 1.29 is 29.0 Å². The monoisotopic (exact) mass is 446 g/mol. The molecule has 30 heavy (non-hydrogen) atoms. The van der Waals surface area contributed by atoms with Crippen molar-refractivity contribution in [3.8, 4) is 5.06 Å². The molecule has 2 heterocycles. The van der Waals surface area contributed by atoms with Gasteiger partial charge in [0.2, 0.25) is 0 Å². The zero-order valence-corrected chi connectivity index (χ0v) is 18.0. The predicted molar refractivity (Wildman–Crippen MR) is 113 cm³/mol. The largest absolute Gasteiger partial charge is 0.481 e. The van der Waals surface area contributed by atoms with Gasteiger partial charge in [0, 0.05) is 12.8 Å². The van der Waals surface area contributed by atoms with Crippen molar-refractivity contribution in [3.63, 3.8) is 0 Å². The van der Waals surface area contributed by atoms with Gasteiger partial charge in [-0.2, -0.15) is 0 Å². The van der Waals surface area contributed by atoms with E-state index < -0.39 is 23.3 Å². The van der Waals surface area contributed by atoms with Crippen molar-refractivity contribution in [2.75, 3.05) is 0 Å². The number of ether oxygens (including phenoxy) is 1. The molecule has 2 aliphatic carbocycles. The third kappa shape index (κ3) is 4.11. The first-order chi connectivity index (χ1) is 14.4. The number of aliphatic carboxylic acids is 1. The highest BCUT2D eigenvalue weighted by atomic mass is 32.1. The Morgan fingerprint density at radius 3 is 2.60 bits per heavy atom. The molecule has 6 nitrogen and oxygen atoms in total. The lowest BCUT2D eigenvalue weighted by atomic mass is 9.71. The zero-order chi connectivity index (χ0) is 21.3. The molecule has 1 fully saturated rings. The lowest BCUT2D eigenvalue weighted by Crippen LogP contribution is -2.38. The minimum Gasteiger partial charge on any atom is -0.481 e. The molecule has 0 bridgehead atoms. The van der Waals surface area contributed by atoms with Gasteiger partial charge in [0.05, 0.1) is 21.1 Å². The molecule has 0 saturated heterocycles. The number of rotatable bonds is 6. The van der Waals surface area contributed by atoms with Crippen LogP contribution >= 0.6 is 22.7 Å². The number of carboxylic acids is 1. The smallest absolute Gasteiger partial charge is 0.318 e. The Morgan fingerprint density at radius 1 is 1.17 bits per heavy atom. The molecular formula is C22H22O6S2. The van der Waals surface area contributed by atoms with Crippen molar-refractivity contribution in [2.45, 2.75) is 51.4 Å². The maximum absolute atomic E-state index is 13.2. The standard InChI is InChI=1S/C22H22O6S2/c23-15-10-14(20(25)26)9-13-11-18(30-19(13)15)28-21(27)22(6-2-1-3-7-22)12-16(24)17-5-4-8-29-17/h4-5,8,11,14H,1-3,6-7,9-10,12H2,(H,25,26). The second kappa shape index (κ2) is 8.43. The van der Waals surface area contributed by atoms with Gasteiger partial charge in [-0.1, -0.05) is 36.7 Å². The molecule has 1 unspecified atom stereocenters. The summed E-state index contributed by atoms with van der Waals surface area (Å²) < 4.78 is 5.70. The Kier molecular flexibility index (Phi) is 5.88. The summed E-state index contributed by atoms with van der Waals surface area (Å²) in [5.41, 5.74) is -0.226. The van der Waals surface area contributed by atoms with Gasteiger partial charge in [-0.15, -0.1) is 11.3 Å². The van der Waals surface area contributed by atoms with Crippen molar-refractivity contribution in [2.24, 2.45) is 11.3 Å². The van der Waals surface area contributed by atoms with Crippen molar-refractivity contribution >= 4 is 46.2 Å². The predicted octanol–water partition coefficient (Wildman–Crippen LogP) is 4.77. The molecule has 0 spiro atoms. The fourth-order valence-electron chi connectivity index (χ4n) is 4.38. The quantitative estimate of drug-likeness (QED) is 0.507. The molecule has 0 aromatic carbocycles. The molecule has 1 saturated carbocycles. The lowest BCUT2D eigenvalue weighted by molar-refractivity contribution is -0.147. The van der Waals surface area contributed by atoms with Crippen LogP contribution in [0.3, 0.4) is 0 Å². The summed E-state index contributed by atoms with van der Waals surface area (Å²) in [7, 11) is 0. The number of hydrogen-bond acceptors (Lipinski definition) is 7. The number of fused-ring (bicyclic) bond motifs is 1. The zero-order valence-electron chi connectivity index (χ0n) is 16.3. The second-order valence-electron chi connectivity index (χ2n) is 8.09. The summed E-state index contributed by atoms with van der Waals surface area (Å²) in [5, 5.41) is 11.4. The SMILES string of the molecule is O=C(CC1(C(=O)Oc2cc3c(s2)C(=O)CC(C(=O)O)C3)CCCCC1)c1cccs1. The molecule has 8 heteroatoms. The van der Waals surface area contributed by atoms with Gasteiger partial charge in [0.25, 0.3) is 0 Å². The first-order valence-corrected chi connectivity index (χ1v) is 11.8. The summed E-state index contributed by atoms with van der Waals surface area (Å²) in [5.74, 6) is -2.43. The van der Waals surface area contributed by atoms with E-state index in [1.807, 2.05) is 11.4 Å². The molecule has 0 radical (unpaired) electrons. The van der Waals surface area contributed by atoms with Gasteiger partial charge >= 0.3 is 11.9 Å². The van der Waals surface area contributed by atoms with Crippen LogP contribution in [0.2, 0.25) is 0 Å². The number of esters is 1. The molecule has 2 aromatic heterocycles. The van der Waals surface area contributed by atoms with Gasteiger partial charge in [0.15, 0.2) is 16.6 Å². The van der Waals surface area contributed by atoms with Crippen molar-refractivity contribution in [3.05, 3.63) is 38.9 Å². The molecule has 158 valence electrons. The summed E-state index contributed by atoms with van der Waals surface area (Å²) >= 11 is 2.47. The summed E-state index contributed by atoms with van der Waals surface area (Å²) in [4.78, 5) is 50.7. The third-order valence-electron chi connectivity index (χ3n) is 6.02. The number of carbonyl (C=O) groups excluding carboxylic acids is 3. The van der Waals surface area contributed by atoms with Gasteiger partial charge in [-0.3, -0.25) is 19.2 Å². The number of carboxylic acid groups (broad SMARTS) is 1. The van der Waals surface area contributed by atoms with Crippen LogP contribution in [0, 0.1) is 11.3 Å². The Bertz CT molecular complexity index is 981. The fraction of sp³-hybridized carbons (Fsp3) is 0.455.